The fourth-order valence-corrected chi connectivity index (χ4v) is 2.12. The summed E-state index contributed by atoms with van der Waals surface area (Å²) >= 11 is 3.74. The van der Waals surface area contributed by atoms with Crippen LogP contribution in [0.3, 0.4) is 0 Å². The van der Waals surface area contributed by atoms with E-state index in [-0.39, 0.29) is 0 Å². The molecule has 0 aliphatic carbocycles. The molecule has 0 aliphatic rings. The minimum atomic E-state index is 1.12. The van der Waals surface area contributed by atoms with Crippen LogP contribution >= 0.6 is 23.5 Å². The van der Waals surface area contributed by atoms with Crippen LogP contribution in [0.2, 0.25) is 0 Å². The standard InChI is InChI=1S/C10H14S2/c1-11-7-9-3-5-10(6-4-9)8-12-2/h3-6H,7-8H2,1-2H3. The molecule has 2 heteroatoms. The lowest BCUT2D eigenvalue weighted by Gasteiger charge is -2.00. The molecule has 0 N–H and O–H groups in total. The van der Waals surface area contributed by atoms with E-state index in [0.29, 0.717) is 0 Å². The van der Waals surface area contributed by atoms with Gasteiger partial charge in [0, 0.05) is 11.5 Å². The molecule has 0 aromatic heterocycles. The average Bonchev–Trinajstić information content (AvgIpc) is 2.09. The van der Waals surface area contributed by atoms with Gasteiger partial charge in [0.2, 0.25) is 0 Å². The van der Waals surface area contributed by atoms with Gasteiger partial charge in [0.05, 0.1) is 0 Å². The Morgan fingerprint density at radius 2 is 1.17 bits per heavy atom. The third-order valence-corrected chi connectivity index (χ3v) is 2.89. The van der Waals surface area contributed by atoms with Crippen molar-refractivity contribution in [3.8, 4) is 0 Å². The molecule has 0 bridgehead atoms. The van der Waals surface area contributed by atoms with E-state index in [1.807, 2.05) is 23.5 Å². The monoisotopic (exact) mass is 198 g/mol. The first-order valence-corrected chi connectivity index (χ1v) is 6.71. The summed E-state index contributed by atoms with van der Waals surface area (Å²) in [5.41, 5.74) is 2.85. The van der Waals surface area contributed by atoms with Crippen LogP contribution in [-0.2, 0) is 11.5 Å². The molecule has 0 heterocycles. The largest absolute Gasteiger partial charge is 0.161 e. The highest BCUT2D eigenvalue weighted by Gasteiger charge is 1.92. The number of benzene rings is 1. The molecule has 1 aromatic rings. The van der Waals surface area contributed by atoms with Crippen LogP contribution < -0.4 is 0 Å². The van der Waals surface area contributed by atoms with Crippen LogP contribution in [0.25, 0.3) is 0 Å². The van der Waals surface area contributed by atoms with Gasteiger partial charge in [-0.2, -0.15) is 23.5 Å². The second-order valence-electron chi connectivity index (χ2n) is 2.68. The molecule has 0 unspecified atom stereocenters. The van der Waals surface area contributed by atoms with Crippen LogP contribution in [0.15, 0.2) is 24.3 Å². The number of hydrogen-bond donors (Lipinski definition) is 0. The Morgan fingerprint density at radius 3 is 1.42 bits per heavy atom. The van der Waals surface area contributed by atoms with Crippen LogP contribution in [-0.4, -0.2) is 12.5 Å². The SMILES string of the molecule is CSCc1ccc(CSC)cc1. The Balaban J connectivity index is 2.58. The van der Waals surface area contributed by atoms with Crippen molar-refractivity contribution in [3.05, 3.63) is 35.4 Å². The lowest BCUT2D eigenvalue weighted by molar-refractivity contribution is 1.35. The molecule has 1 aromatic carbocycles. The van der Waals surface area contributed by atoms with E-state index in [2.05, 4.69) is 36.8 Å². The molecule has 66 valence electrons. The van der Waals surface area contributed by atoms with E-state index in [9.17, 15) is 0 Å². The summed E-state index contributed by atoms with van der Waals surface area (Å²) in [6.07, 6.45) is 4.27. The van der Waals surface area contributed by atoms with Gasteiger partial charge in [-0.1, -0.05) is 24.3 Å². The van der Waals surface area contributed by atoms with E-state index in [1.54, 1.807) is 0 Å². The maximum absolute atomic E-state index is 2.22. The number of thioether (sulfide) groups is 2. The van der Waals surface area contributed by atoms with Crippen LogP contribution in [0.5, 0.6) is 0 Å². The van der Waals surface area contributed by atoms with Gasteiger partial charge < -0.3 is 0 Å². The van der Waals surface area contributed by atoms with Crippen molar-refractivity contribution in [2.75, 3.05) is 12.5 Å². The zero-order valence-corrected chi connectivity index (χ0v) is 9.17. The Labute approximate surface area is 83.1 Å². The third-order valence-electron chi connectivity index (χ3n) is 1.64. The molecule has 0 atom stereocenters. The molecule has 12 heavy (non-hydrogen) atoms. The van der Waals surface area contributed by atoms with E-state index in [0.717, 1.165) is 11.5 Å². The summed E-state index contributed by atoms with van der Waals surface area (Å²) in [5, 5.41) is 0. The lowest BCUT2D eigenvalue weighted by Crippen LogP contribution is -1.82. The molecule has 0 nitrogen and oxygen atoms in total. The summed E-state index contributed by atoms with van der Waals surface area (Å²) in [4.78, 5) is 0. The quantitative estimate of drug-likeness (QED) is 0.727. The minimum Gasteiger partial charge on any atom is -0.161 e. The molecule has 0 saturated carbocycles. The van der Waals surface area contributed by atoms with Crippen molar-refractivity contribution in [3.63, 3.8) is 0 Å². The second kappa shape index (κ2) is 5.55. The summed E-state index contributed by atoms with van der Waals surface area (Å²) in [7, 11) is 0. The maximum Gasteiger partial charge on any atom is 0.0181 e. The maximum atomic E-state index is 2.22. The fourth-order valence-electron chi connectivity index (χ4n) is 1.07. The van der Waals surface area contributed by atoms with Gasteiger partial charge in [-0.25, -0.2) is 0 Å². The zero-order valence-electron chi connectivity index (χ0n) is 7.54. The molecule has 0 spiro atoms. The van der Waals surface area contributed by atoms with Crippen molar-refractivity contribution < 1.29 is 0 Å². The average molecular weight is 198 g/mol. The Morgan fingerprint density at radius 1 is 0.833 bits per heavy atom. The molecule has 0 fully saturated rings. The molecule has 0 aliphatic heterocycles. The van der Waals surface area contributed by atoms with E-state index in [4.69, 9.17) is 0 Å². The highest BCUT2D eigenvalue weighted by molar-refractivity contribution is 7.98. The van der Waals surface area contributed by atoms with Crippen molar-refractivity contribution >= 4 is 23.5 Å². The highest BCUT2D eigenvalue weighted by atomic mass is 32.2. The van der Waals surface area contributed by atoms with Crippen LogP contribution in [0.1, 0.15) is 11.1 Å². The zero-order chi connectivity index (χ0) is 8.81. The second-order valence-corrected chi connectivity index (χ2v) is 4.41. The number of hydrogen-bond acceptors (Lipinski definition) is 2. The van der Waals surface area contributed by atoms with Gasteiger partial charge >= 0.3 is 0 Å². The first-order chi connectivity index (χ1) is 5.86. The van der Waals surface area contributed by atoms with Crippen LogP contribution in [0, 0.1) is 0 Å². The molecule has 0 amide bonds. The normalized spacial score (nSPS) is 10.2. The molecule has 0 saturated heterocycles. The summed E-state index contributed by atoms with van der Waals surface area (Å²) in [6, 6.07) is 8.90. The van der Waals surface area contributed by atoms with Crippen LogP contribution in [0.4, 0.5) is 0 Å². The predicted octanol–water partition coefficient (Wildman–Crippen LogP) is 3.41. The van der Waals surface area contributed by atoms with Crippen molar-refractivity contribution in [1.29, 1.82) is 0 Å². The highest BCUT2D eigenvalue weighted by Crippen LogP contribution is 2.13. The van der Waals surface area contributed by atoms with Crippen molar-refractivity contribution in [2.24, 2.45) is 0 Å². The summed E-state index contributed by atoms with van der Waals surface area (Å²) in [5.74, 6) is 2.25. The van der Waals surface area contributed by atoms with Gasteiger partial charge in [0.15, 0.2) is 0 Å². The van der Waals surface area contributed by atoms with E-state index >= 15 is 0 Å². The summed E-state index contributed by atoms with van der Waals surface area (Å²) < 4.78 is 0. The van der Waals surface area contributed by atoms with Gasteiger partial charge in [0.1, 0.15) is 0 Å². The third kappa shape index (κ3) is 3.11. The van der Waals surface area contributed by atoms with Gasteiger partial charge in [-0.3, -0.25) is 0 Å². The minimum absolute atomic E-state index is 1.12. The molecule has 1 rings (SSSR count). The van der Waals surface area contributed by atoms with Gasteiger partial charge in [-0.05, 0) is 23.6 Å². The first kappa shape index (κ1) is 10.0. The van der Waals surface area contributed by atoms with Gasteiger partial charge in [0.25, 0.3) is 0 Å². The molecular formula is C10H14S2. The lowest BCUT2D eigenvalue weighted by atomic mass is 10.2. The molecular weight excluding hydrogens is 184 g/mol. The Kier molecular flexibility index (Phi) is 4.62. The predicted molar refractivity (Wildman–Crippen MR) is 60.9 cm³/mol. The van der Waals surface area contributed by atoms with Crippen molar-refractivity contribution in [2.45, 2.75) is 11.5 Å². The topological polar surface area (TPSA) is 0 Å². The Hall–Kier alpha value is -0.0800. The summed E-state index contributed by atoms with van der Waals surface area (Å²) in [6.45, 7) is 0. The number of rotatable bonds is 4. The van der Waals surface area contributed by atoms with Gasteiger partial charge in [-0.15, -0.1) is 0 Å². The van der Waals surface area contributed by atoms with Crippen molar-refractivity contribution in [1.82, 2.24) is 0 Å². The van der Waals surface area contributed by atoms with E-state index in [1.165, 1.54) is 11.1 Å². The molecule has 0 radical (unpaired) electrons. The smallest absolute Gasteiger partial charge is 0.0181 e. The van der Waals surface area contributed by atoms with E-state index < -0.39 is 0 Å². The fraction of sp³-hybridized carbons (Fsp3) is 0.400. The Bertz CT molecular complexity index is 191. The first-order valence-electron chi connectivity index (χ1n) is 3.92.